The highest BCUT2D eigenvalue weighted by molar-refractivity contribution is 5.59. The van der Waals surface area contributed by atoms with E-state index in [0.29, 0.717) is 5.69 Å². The van der Waals surface area contributed by atoms with Gasteiger partial charge in [-0.3, -0.25) is 15.1 Å². The average Bonchev–Trinajstić information content (AvgIpc) is 3.00. The van der Waals surface area contributed by atoms with Crippen molar-refractivity contribution < 1.29 is 4.92 Å². The molecule has 0 atom stereocenters. The van der Waals surface area contributed by atoms with Crippen molar-refractivity contribution in [1.29, 1.82) is 0 Å². The first-order valence-electron chi connectivity index (χ1n) is 18.5. The lowest BCUT2D eigenvalue weighted by atomic mass is 10.0. The Morgan fingerprint density at radius 1 is 0.558 bits per heavy atom. The maximum atomic E-state index is 10.9. The van der Waals surface area contributed by atoms with Gasteiger partial charge in [0, 0.05) is 12.7 Å². The van der Waals surface area contributed by atoms with E-state index in [9.17, 15) is 10.1 Å². The van der Waals surface area contributed by atoms with Crippen LogP contribution in [0.15, 0.2) is 18.5 Å². The molecule has 1 rings (SSSR count). The highest BCUT2D eigenvalue weighted by Crippen LogP contribution is 2.22. The van der Waals surface area contributed by atoms with Gasteiger partial charge in [0.15, 0.2) is 0 Å². The maximum absolute atomic E-state index is 10.9. The lowest BCUT2D eigenvalue weighted by molar-refractivity contribution is -0.384. The van der Waals surface area contributed by atoms with Crippen molar-refractivity contribution >= 4 is 11.4 Å². The van der Waals surface area contributed by atoms with Gasteiger partial charge in [0.05, 0.1) is 4.92 Å². The van der Waals surface area contributed by atoms with Crippen LogP contribution in [0.5, 0.6) is 0 Å². The fourth-order valence-electron chi connectivity index (χ4n) is 5.49. The van der Waals surface area contributed by atoms with Crippen LogP contribution in [0.25, 0.3) is 0 Å². The van der Waals surface area contributed by atoms with Gasteiger partial charge in [0.2, 0.25) is 0 Å². The molecule has 4 N–H and O–H groups in total. The van der Waals surface area contributed by atoms with Crippen molar-refractivity contribution in [2.24, 2.45) is 0 Å². The second kappa shape index (κ2) is 36.5. The Labute approximate surface area is 268 Å². The molecule has 0 aliphatic rings. The van der Waals surface area contributed by atoms with E-state index in [4.69, 9.17) is 0 Å². The van der Waals surface area contributed by atoms with Gasteiger partial charge in [0.1, 0.15) is 11.9 Å². The molecule has 1 heterocycles. The van der Waals surface area contributed by atoms with Crippen LogP contribution in [0.4, 0.5) is 11.4 Å². The lowest BCUT2D eigenvalue weighted by Crippen LogP contribution is -2.04. The third-order valence-electron chi connectivity index (χ3n) is 8.30. The molecule has 0 aliphatic heterocycles. The minimum atomic E-state index is -0.388. The zero-order chi connectivity index (χ0) is 30.8. The Balaban J connectivity index is 0. The van der Waals surface area contributed by atoms with E-state index >= 15 is 0 Å². The highest BCUT2D eigenvalue weighted by atomic mass is 16.6. The number of nitro groups is 1. The van der Waals surface area contributed by atoms with Gasteiger partial charge in [-0.15, -0.1) is 0 Å². The molecule has 1 aromatic heterocycles. The standard InChI is InChI=1S/C21H37N3O2.C16H34.H3N/c1-2-3-4-5-6-7-8-9-10-11-12-13-14-15-17-23-20-16-18-22-19-21(20)24(25)26;1-3-5-7-9-11-13-15-16-14-12-10-8-6-4-2;/h16,18-19H,2-15,17H2,1H3,(H,22,23);3-16H2,1-2H3;1H3. The number of rotatable bonds is 30. The zero-order valence-corrected chi connectivity index (χ0v) is 29.2. The topological polar surface area (TPSA) is 103 Å². The van der Waals surface area contributed by atoms with E-state index in [0.717, 1.165) is 13.0 Å². The molecule has 0 unspecified atom stereocenters. The molecule has 0 spiro atoms. The number of pyridine rings is 1. The summed E-state index contributed by atoms with van der Waals surface area (Å²) in [7, 11) is 0. The predicted octanol–water partition coefficient (Wildman–Crippen LogP) is 13.5. The third kappa shape index (κ3) is 31.5. The molecular formula is C37H74N4O2. The first kappa shape index (κ1) is 43.4. The summed E-state index contributed by atoms with van der Waals surface area (Å²) >= 11 is 0. The van der Waals surface area contributed by atoms with Gasteiger partial charge >= 0.3 is 5.69 Å². The number of anilines is 1. The Kier molecular flexibility index (Phi) is 36.9. The normalized spacial score (nSPS) is 10.6. The summed E-state index contributed by atoms with van der Waals surface area (Å²) in [5.41, 5.74) is 0.623. The van der Waals surface area contributed by atoms with Crippen molar-refractivity contribution in [2.75, 3.05) is 11.9 Å². The quantitative estimate of drug-likeness (QED) is 0.0515. The summed E-state index contributed by atoms with van der Waals surface area (Å²) in [5, 5.41) is 14.1. The maximum Gasteiger partial charge on any atom is 0.310 e. The molecular weight excluding hydrogens is 532 g/mol. The molecule has 0 aromatic carbocycles. The number of nitrogens with one attached hydrogen (secondary N) is 1. The van der Waals surface area contributed by atoms with Crippen LogP contribution in [0.2, 0.25) is 0 Å². The van der Waals surface area contributed by atoms with Gasteiger partial charge in [-0.1, -0.05) is 194 Å². The van der Waals surface area contributed by atoms with Crippen LogP contribution in [0.1, 0.15) is 201 Å². The van der Waals surface area contributed by atoms with Crippen molar-refractivity contribution in [3.8, 4) is 0 Å². The molecule has 1 aromatic rings. The second-order valence-corrected chi connectivity index (χ2v) is 12.4. The van der Waals surface area contributed by atoms with Crippen molar-refractivity contribution in [2.45, 2.75) is 201 Å². The SMILES string of the molecule is CCCCCCCCCCCCCCCC.CCCCCCCCCCCCCCCCNc1ccncc1[N+](=O)[O-].N. The van der Waals surface area contributed by atoms with Gasteiger partial charge in [-0.2, -0.15) is 0 Å². The average molecular weight is 607 g/mol. The number of hydrogen-bond donors (Lipinski definition) is 2. The van der Waals surface area contributed by atoms with E-state index in [1.54, 1.807) is 12.3 Å². The zero-order valence-electron chi connectivity index (χ0n) is 29.2. The second-order valence-electron chi connectivity index (χ2n) is 12.4. The van der Waals surface area contributed by atoms with Crippen molar-refractivity contribution in [3.63, 3.8) is 0 Å². The summed E-state index contributed by atoms with van der Waals surface area (Å²) in [5.74, 6) is 0. The highest BCUT2D eigenvalue weighted by Gasteiger charge is 2.12. The number of nitrogens with zero attached hydrogens (tertiary/aromatic N) is 2. The molecule has 6 nitrogen and oxygen atoms in total. The van der Waals surface area contributed by atoms with E-state index < -0.39 is 0 Å². The monoisotopic (exact) mass is 607 g/mol. The van der Waals surface area contributed by atoms with Crippen LogP contribution >= 0.6 is 0 Å². The largest absolute Gasteiger partial charge is 0.379 e. The Morgan fingerprint density at radius 3 is 1.16 bits per heavy atom. The molecule has 43 heavy (non-hydrogen) atoms. The third-order valence-corrected chi connectivity index (χ3v) is 8.30. The number of unbranched alkanes of at least 4 members (excludes halogenated alkanes) is 26. The molecule has 0 aliphatic carbocycles. The minimum absolute atomic E-state index is 0. The van der Waals surface area contributed by atoms with Gasteiger partial charge < -0.3 is 11.5 Å². The summed E-state index contributed by atoms with van der Waals surface area (Å²) in [6, 6.07) is 1.67. The van der Waals surface area contributed by atoms with E-state index in [1.807, 2.05) is 0 Å². The van der Waals surface area contributed by atoms with Crippen LogP contribution in [-0.4, -0.2) is 16.5 Å². The van der Waals surface area contributed by atoms with E-state index in [1.165, 1.54) is 180 Å². The molecule has 0 amide bonds. The lowest BCUT2D eigenvalue weighted by Gasteiger charge is -2.06. The van der Waals surface area contributed by atoms with Crippen molar-refractivity contribution in [1.82, 2.24) is 11.1 Å². The van der Waals surface area contributed by atoms with Crippen LogP contribution in [0.3, 0.4) is 0 Å². The summed E-state index contributed by atoms with van der Waals surface area (Å²) in [6.45, 7) is 7.63. The van der Waals surface area contributed by atoms with Crippen LogP contribution in [-0.2, 0) is 0 Å². The fraction of sp³-hybridized carbons (Fsp3) is 0.865. The molecule has 0 saturated carbocycles. The fourth-order valence-corrected chi connectivity index (χ4v) is 5.49. The molecule has 0 radical (unpaired) electrons. The van der Waals surface area contributed by atoms with E-state index in [-0.39, 0.29) is 16.8 Å². The summed E-state index contributed by atoms with van der Waals surface area (Å²) in [6.07, 6.45) is 42.0. The number of aromatic nitrogens is 1. The molecule has 6 heteroatoms. The first-order valence-corrected chi connectivity index (χ1v) is 18.5. The number of hydrogen-bond acceptors (Lipinski definition) is 5. The van der Waals surface area contributed by atoms with Gasteiger partial charge in [-0.05, 0) is 12.5 Å². The molecule has 0 bridgehead atoms. The van der Waals surface area contributed by atoms with Crippen molar-refractivity contribution in [3.05, 3.63) is 28.6 Å². The predicted molar refractivity (Wildman–Crippen MR) is 191 cm³/mol. The Morgan fingerprint density at radius 2 is 0.860 bits per heavy atom. The first-order chi connectivity index (χ1) is 20.7. The smallest absolute Gasteiger partial charge is 0.310 e. The van der Waals surface area contributed by atoms with Gasteiger partial charge in [0.25, 0.3) is 0 Å². The Bertz CT molecular complexity index is 672. The molecule has 254 valence electrons. The Hall–Kier alpha value is -1.69. The van der Waals surface area contributed by atoms with E-state index in [2.05, 4.69) is 31.1 Å². The minimum Gasteiger partial charge on any atom is -0.379 e. The van der Waals surface area contributed by atoms with Crippen LogP contribution < -0.4 is 11.5 Å². The summed E-state index contributed by atoms with van der Waals surface area (Å²) in [4.78, 5) is 14.3. The van der Waals surface area contributed by atoms with Gasteiger partial charge in [-0.25, -0.2) is 0 Å². The van der Waals surface area contributed by atoms with Crippen LogP contribution in [0, 0.1) is 10.1 Å². The molecule has 0 fully saturated rings. The summed E-state index contributed by atoms with van der Waals surface area (Å²) < 4.78 is 0. The molecule has 0 saturated heterocycles.